The molecule has 0 aliphatic carbocycles. The molecule has 4 N–H and O–H groups in total. The summed E-state index contributed by atoms with van der Waals surface area (Å²) in [6, 6.07) is 3.71. The summed E-state index contributed by atoms with van der Waals surface area (Å²) in [5.74, 6) is -0.934. The summed E-state index contributed by atoms with van der Waals surface area (Å²) in [7, 11) is 0. The molecule has 0 bridgehead atoms. The standard InChI is InChI=1S/C10H12ClNO3/c11-8-5-7(13)3-1-6(8)2-4-9(12)10(14)15/h1,3,5,9,13H,2,4,12H2,(H,14,15)/t9-/m0/s1. The van der Waals surface area contributed by atoms with Gasteiger partial charge in [-0.25, -0.2) is 0 Å². The zero-order valence-electron chi connectivity index (χ0n) is 7.98. The number of halogens is 1. The van der Waals surface area contributed by atoms with E-state index >= 15 is 0 Å². The molecule has 0 spiro atoms. The molecular weight excluding hydrogens is 218 g/mol. The highest BCUT2D eigenvalue weighted by molar-refractivity contribution is 6.31. The minimum atomic E-state index is -1.02. The Balaban J connectivity index is 2.62. The molecule has 0 fully saturated rings. The molecular formula is C10H12ClNO3. The van der Waals surface area contributed by atoms with Gasteiger partial charge in [0.05, 0.1) is 0 Å². The number of rotatable bonds is 4. The highest BCUT2D eigenvalue weighted by Gasteiger charge is 2.12. The van der Waals surface area contributed by atoms with Crippen molar-refractivity contribution in [2.45, 2.75) is 18.9 Å². The van der Waals surface area contributed by atoms with Crippen LogP contribution in [-0.4, -0.2) is 22.2 Å². The number of carboxylic acid groups (broad SMARTS) is 1. The molecule has 0 unspecified atom stereocenters. The van der Waals surface area contributed by atoms with Gasteiger partial charge in [0, 0.05) is 5.02 Å². The van der Waals surface area contributed by atoms with Crippen molar-refractivity contribution in [2.24, 2.45) is 5.73 Å². The predicted octanol–water partition coefficient (Wildman–Crippen LogP) is 1.39. The van der Waals surface area contributed by atoms with Gasteiger partial charge in [0.1, 0.15) is 11.8 Å². The van der Waals surface area contributed by atoms with E-state index in [9.17, 15) is 4.79 Å². The Hall–Kier alpha value is -1.26. The van der Waals surface area contributed by atoms with Crippen LogP contribution < -0.4 is 5.73 Å². The number of phenols is 1. The second-order valence-corrected chi connectivity index (χ2v) is 3.67. The summed E-state index contributed by atoms with van der Waals surface area (Å²) in [5.41, 5.74) is 6.14. The second kappa shape index (κ2) is 5.00. The van der Waals surface area contributed by atoms with Crippen molar-refractivity contribution in [1.82, 2.24) is 0 Å². The first-order valence-corrected chi connectivity index (χ1v) is 4.84. The van der Waals surface area contributed by atoms with Gasteiger partial charge < -0.3 is 15.9 Å². The SMILES string of the molecule is N[C@@H](CCc1ccc(O)cc1Cl)C(=O)O. The van der Waals surface area contributed by atoms with Crippen molar-refractivity contribution in [3.05, 3.63) is 28.8 Å². The van der Waals surface area contributed by atoms with Crippen LogP contribution in [0.3, 0.4) is 0 Å². The number of carbonyl (C=O) groups is 1. The third-order valence-electron chi connectivity index (χ3n) is 2.08. The summed E-state index contributed by atoms with van der Waals surface area (Å²) < 4.78 is 0. The largest absolute Gasteiger partial charge is 0.508 e. The van der Waals surface area contributed by atoms with Crippen LogP contribution >= 0.6 is 11.6 Å². The molecule has 0 saturated carbocycles. The topological polar surface area (TPSA) is 83.5 Å². The fraction of sp³-hybridized carbons (Fsp3) is 0.300. The Morgan fingerprint density at radius 2 is 2.20 bits per heavy atom. The molecule has 0 aliphatic heterocycles. The zero-order chi connectivity index (χ0) is 11.4. The Morgan fingerprint density at radius 1 is 1.53 bits per heavy atom. The van der Waals surface area contributed by atoms with Gasteiger partial charge in [-0.15, -0.1) is 0 Å². The summed E-state index contributed by atoms with van der Waals surface area (Å²) in [4.78, 5) is 10.5. The molecule has 1 atom stereocenters. The Labute approximate surface area is 92.3 Å². The first-order chi connectivity index (χ1) is 7.00. The Bertz CT molecular complexity index is 368. The van der Waals surface area contributed by atoms with E-state index in [2.05, 4.69) is 0 Å². The molecule has 1 aromatic carbocycles. The average Bonchev–Trinajstić information content (AvgIpc) is 2.15. The number of aromatic hydroxyl groups is 1. The molecule has 0 aliphatic rings. The van der Waals surface area contributed by atoms with E-state index < -0.39 is 12.0 Å². The van der Waals surface area contributed by atoms with E-state index in [1.807, 2.05) is 0 Å². The third kappa shape index (κ3) is 3.42. The highest BCUT2D eigenvalue weighted by atomic mass is 35.5. The van der Waals surface area contributed by atoms with Gasteiger partial charge in [-0.3, -0.25) is 4.79 Å². The van der Waals surface area contributed by atoms with Gasteiger partial charge in [0.25, 0.3) is 0 Å². The molecule has 0 aromatic heterocycles. The number of aliphatic carboxylic acids is 1. The monoisotopic (exact) mass is 229 g/mol. The summed E-state index contributed by atoms with van der Waals surface area (Å²) in [5, 5.41) is 18.1. The van der Waals surface area contributed by atoms with E-state index in [0.29, 0.717) is 17.9 Å². The highest BCUT2D eigenvalue weighted by Crippen LogP contribution is 2.22. The first kappa shape index (κ1) is 11.8. The van der Waals surface area contributed by atoms with Gasteiger partial charge in [0.2, 0.25) is 0 Å². The lowest BCUT2D eigenvalue weighted by atomic mass is 10.1. The molecule has 4 nitrogen and oxygen atoms in total. The van der Waals surface area contributed by atoms with Crippen LogP contribution in [0.4, 0.5) is 0 Å². The van der Waals surface area contributed by atoms with Crippen LogP contribution in [0.1, 0.15) is 12.0 Å². The molecule has 15 heavy (non-hydrogen) atoms. The van der Waals surface area contributed by atoms with Gasteiger partial charge in [-0.1, -0.05) is 17.7 Å². The summed E-state index contributed by atoms with van der Waals surface area (Å²) in [6.45, 7) is 0. The minimum Gasteiger partial charge on any atom is -0.508 e. The average molecular weight is 230 g/mol. The van der Waals surface area contributed by atoms with E-state index in [0.717, 1.165) is 5.56 Å². The fourth-order valence-electron chi connectivity index (χ4n) is 1.17. The Morgan fingerprint density at radius 3 is 2.73 bits per heavy atom. The third-order valence-corrected chi connectivity index (χ3v) is 2.43. The van der Waals surface area contributed by atoms with Crippen molar-refractivity contribution < 1.29 is 15.0 Å². The molecule has 0 amide bonds. The molecule has 1 aromatic rings. The lowest BCUT2D eigenvalue weighted by molar-refractivity contribution is -0.138. The van der Waals surface area contributed by atoms with Crippen molar-refractivity contribution in [3.63, 3.8) is 0 Å². The molecule has 1 rings (SSSR count). The number of hydrogen-bond acceptors (Lipinski definition) is 3. The van der Waals surface area contributed by atoms with Crippen molar-refractivity contribution in [3.8, 4) is 5.75 Å². The Kier molecular flexibility index (Phi) is 3.94. The molecule has 0 saturated heterocycles. The number of aryl methyl sites for hydroxylation is 1. The van der Waals surface area contributed by atoms with Gasteiger partial charge >= 0.3 is 5.97 Å². The number of hydrogen-bond donors (Lipinski definition) is 3. The maximum atomic E-state index is 10.5. The van der Waals surface area contributed by atoms with Gasteiger partial charge in [-0.05, 0) is 30.5 Å². The van der Waals surface area contributed by atoms with Crippen LogP contribution in [0.25, 0.3) is 0 Å². The number of phenolic OH excluding ortho intramolecular Hbond substituents is 1. The van der Waals surface area contributed by atoms with Crippen molar-refractivity contribution in [2.75, 3.05) is 0 Å². The maximum Gasteiger partial charge on any atom is 0.320 e. The van der Waals surface area contributed by atoms with E-state index in [4.69, 9.17) is 27.5 Å². The van der Waals surface area contributed by atoms with E-state index in [1.165, 1.54) is 12.1 Å². The molecule has 82 valence electrons. The molecule has 5 heteroatoms. The number of carboxylic acids is 1. The van der Waals surface area contributed by atoms with Crippen LogP contribution in [0.15, 0.2) is 18.2 Å². The summed E-state index contributed by atoms with van der Waals surface area (Å²) >= 11 is 5.84. The van der Waals surface area contributed by atoms with Gasteiger partial charge in [0.15, 0.2) is 0 Å². The first-order valence-electron chi connectivity index (χ1n) is 4.46. The smallest absolute Gasteiger partial charge is 0.320 e. The second-order valence-electron chi connectivity index (χ2n) is 3.26. The van der Waals surface area contributed by atoms with Crippen LogP contribution in [0.2, 0.25) is 5.02 Å². The van der Waals surface area contributed by atoms with Gasteiger partial charge in [-0.2, -0.15) is 0 Å². The normalized spacial score (nSPS) is 12.4. The molecule has 0 heterocycles. The summed E-state index contributed by atoms with van der Waals surface area (Å²) in [6.07, 6.45) is 0.798. The molecule has 0 radical (unpaired) electrons. The van der Waals surface area contributed by atoms with Crippen LogP contribution in [0, 0.1) is 0 Å². The van der Waals surface area contributed by atoms with E-state index in [-0.39, 0.29) is 5.75 Å². The number of nitrogens with two attached hydrogens (primary N) is 1. The van der Waals surface area contributed by atoms with E-state index in [1.54, 1.807) is 6.07 Å². The maximum absolute atomic E-state index is 10.5. The number of benzene rings is 1. The fourth-order valence-corrected chi connectivity index (χ4v) is 1.44. The van der Waals surface area contributed by atoms with Crippen LogP contribution in [0.5, 0.6) is 5.75 Å². The lowest BCUT2D eigenvalue weighted by Crippen LogP contribution is -2.30. The van der Waals surface area contributed by atoms with Crippen molar-refractivity contribution in [1.29, 1.82) is 0 Å². The quantitative estimate of drug-likeness (QED) is 0.729. The van der Waals surface area contributed by atoms with Crippen LogP contribution in [-0.2, 0) is 11.2 Å². The minimum absolute atomic E-state index is 0.0892. The lowest BCUT2D eigenvalue weighted by Gasteiger charge is -2.07. The zero-order valence-corrected chi connectivity index (χ0v) is 8.74. The van der Waals surface area contributed by atoms with Crippen molar-refractivity contribution >= 4 is 17.6 Å². The predicted molar refractivity (Wildman–Crippen MR) is 57.0 cm³/mol.